The molecule has 4 N–H and O–H groups in total. The molecule has 2 rings (SSSR count). The quantitative estimate of drug-likeness (QED) is 0.291. The second-order valence-electron chi connectivity index (χ2n) is 4.80. The molecule has 2 aromatic rings. The predicted octanol–water partition coefficient (Wildman–Crippen LogP) is 1.81. The molecule has 11 heteroatoms. The first-order valence-electron chi connectivity index (χ1n) is 6.70. The summed E-state index contributed by atoms with van der Waals surface area (Å²) in [6, 6.07) is 6.83. The van der Waals surface area contributed by atoms with Crippen LogP contribution < -0.4 is 11.2 Å². The van der Waals surface area contributed by atoms with E-state index in [-0.39, 0.29) is 16.7 Å². The smallest absolute Gasteiger partial charge is 0.296 e. The lowest BCUT2D eigenvalue weighted by Gasteiger charge is -2.07. The Kier molecular flexibility index (Phi) is 5.49. The molecule has 0 atom stereocenters. The molecule has 0 saturated carbocycles. The molecule has 0 fully saturated rings. The maximum absolute atomic E-state index is 12.9. The standard InChI is InChI=1S/C14H13F2N3O5S/c15-13(16)12-10(4-5-23-12)8-2-1-3-9(6-8)11(20)7-25(21,22)24-19-14(17)18/h1-6,13H,7H2,(H4,17,18,19). The molecule has 8 nitrogen and oxygen atoms in total. The van der Waals surface area contributed by atoms with Gasteiger partial charge in [-0.15, -0.1) is 4.28 Å². The number of nitrogens with two attached hydrogens (primary N) is 1. The number of guanidine groups is 1. The van der Waals surface area contributed by atoms with Crippen molar-refractivity contribution in [1.29, 1.82) is 5.41 Å². The third-order valence-electron chi connectivity index (χ3n) is 2.98. The van der Waals surface area contributed by atoms with Crippen LogP contribution in [-0.2, 0) is 14.4 Å². The second kappa shape index (κ2) is 7.40. The minimum Gasteiger partial charge on any atom is -0.463 e. The zero-order valence-electron chi connectivity index (χ0n) is 12.5. The number of furan rings is 1. The maximum atomic E-state index is 12.9. The van der Waals surface area contributed by atoms with E-state index in [2.05, 4.69) is 4.28 Å². The number of rotatable bonds is 7. The first kappa shape index (κ1) is 18.5. The summed E-state index contributed by atoms with van der Waals surface area (Å²) < 4.78 is 57.9. The van der Waals surface area contributed by atoms with Crippen molar-refractivity contribution in [2.75, 3.05) is 5.75 Å². The van der Waals surface area contributed by atoms with Crippen LogP contribution in [0.25, 0.3) is 11.1 Å². The number of hydroxylamine groups is 1. The van der Waals surface area contributed by atoms with Gasteiger partial charge in [0.25, 0.3) is 16.5 Å². The molecular weight excluding hydrogens is 360 g/mol. The summed E-state index contributed by atoms with van der Waals surface area (Å²) >= 11 is 0. The molecule has 0 amide bonds. The number of nitrogens with one attached hydrogen (secondary N) is 2. The van der Waals surface area contributed by atoms with E-state index < -0.39 is 39.8 Å². The van der Waals surface area contributed by atoms with Crippen molar-refractivity contribution in [3.05, 3.63) is 47.9 Å². The number of hydrogen-bond donors (Lipinski definition) is 3. The predicted molar refractivity (Wildman–Crippen MR) is 83.4 cm³/mol. The van der Waals surface area contributed by atoms with Gasteiger partial charge in [0.1, 0.15) is 5.75 Å². The molecule has 1 heterocycles. The topological polar surface area (TPSA) is 135 Å². The van der Waals surface area contributed by atoms with E-state index >= 15 is 0 Å². The summed E-state index contributed by atoms with van der Waals surface area (Å²) in [7, 11) is -4.33. The summed E-state index contributed by atoms with van der Waals surface area (Å²) in [6.07, 6.45) is -1.74. The Bertz CT molecular complexity index is 895. The van der Waals surface area contributed by atoms with Crippen molar-refractivity contribution in [3.63, 3.8) is 0 Å². The van der Waals surface area contributed by atoms with Gasteiger partial charge in [-0.05, 0) is 17.7 Å². The Hall–Kier alpha value is -2.79. The van der Waals surface area contributed by atoms with Crippen molar-refractivity contribution in [2.45, 2.75) is 6.43 Å². The van der Waals surface area contributed by atoms with Crippen molar-refractivity contribution in [2.24, 2.45) is 5.73 Å². The lowest BCUT2D eigenvalue weighted by Crippen LogP contribution is -2.34. The number of alkyl halides is 2. The van der Waals surface area contributed by atoms with Crippen molar-refractivity contribution in [3.8, 4) is 11.1 Å². The van der Waals surface area contributed by atoms with Gasteiger partial charge in [-0.2, -0.15) is 8.42 Å². The van der Waals surface area contributed by atoms with E-state index in [1.165, 1.54) is 30.3 Å². The molecule has 0 aliphatic rings. The Morgan fingerprint density at radius 3 is 2.72 bits per heavy atom. The van der Waals surface area contributed by atoms with Gasteiger partial charge in [0.15, 0.2) is 11.5 Å². The minimum atomic E-state index is -4.33. The highest BCUT2D eigenvalue weighted by Gasteiger charge is 2.22. The first-order valence-corrected chi connectivity index (χ1v) is 8.27. The summed E-state index contributed by atoms with van der Waals surface area (Å²) in [4.78, 5) is 12.1. The second-order valence-corrected chi connectivity index (χ2v) is 6.37. The number of halogens is 2. The van der Waals surface area contributed by atoms with Crippen LogP contribution in [0.5, 0.6) is 0 Å². The third kappa shape index (κ3) is 4.84. The van der Waals surface area contributed by atoms with Crippen LogP contribution in [0.15, 0.2) is 41.0 Å². The lowest BCUT2D eigenvalue weighted by atomic mass is 10.0. The normalized spacial score (nSPS) is 11.5. The van der Waals surface area contributed by atoms with Crippen LogP contribution in [0.3, 0.4) is 0 Å². The van der Waals surface area contributed by atoms with E-state index in [0.29, 0.717) is 0 Å². The fourth-order valence-electron chi connectivity index (χ4n) is 1.97. The molecule has 0 radical (unpaired) electrons. The first-order chi connectivity index (χ1) is 11.7. The molecule has 0 aliphatic carbocycles. The van der Waals surface area contributed by atoms with Crippen molar-refractivity contribution < 1.29 is 30.7 Å². The average Bonchev–Trinajstić information content (AvgIpc) is 3.03. The third-order valence-corrected chi connectivity index (χ3v) is 3.93. The number of ketones is 1. The fraction of sp³-hybridized carbons (Fsp3) is 0.143. The summed E-state index contributed by atoms with van der Waals surface area (Å²) in [5.41, 5.74) is 6.86. The van der Waals surface area contributed by atoms with Gasteiger partial charge in [-0.3, -0.25) is 10.2 Å². The number of Topliss-reactive ketones (excluding diaryl/α,β-unsaturated/α-hetero) is 1. The zero-order chi connectivity index (χ0) is 18.6. The van der Waals surface area contributed by atoms with Crippen LogP contribution in [0.1, 0.15) is 22.5 Å². The Morgan fingerprint density at radius 1 is 1.36 bits per heavy atom. The highest BCUT2D eigenvalue weighted by Crippen LogP contribution is 2.32. The van der Waals surface area contributed by atoms with Gasteiger partial charge in [0, 0.05) is 11.1 Å². The SMILES string of the molecule is N=C(N)NOS(=O)(=O)CC(=O)c1cccc(-c2ccoc2C(F)F)c1. The summed E-state index contributed by atoms with van der Waals surface area (Å²) in [6.45, 7) is 0. The molecule has 134 valence electrons. The van der Waals surface area contributed by atoms with E-state index in [1.54, 1.807) is 5.48 Å². The molecule has 0 aliphatic heterocycles. The minimum absolute atomic E-state index is 0.0195. The molecule has 0 spiro atoms. The largest absolute Gasteiger partial charge is 0.463 e. The number of benzene rings is 1. The summed E-state index contributed by atoms with van der Waals surface area (Å²) in [5.74, 6) is -3.15. The summed E-state index contributed by atoms with van der Waals surface area (Å²) in [5, 5.41) is 6.81. The van der Waals surface area contributed by atoms with Gasteiger partial charge in [0.2, 0.25) is 5.96 Å². The van der Waals surface area contributed by atoms with Crippen LogP contribution in [0.2, 0.25) is 0 Å². The monoisotopic (exact) mass is 373 g/mol. The Balaban J connectivity index is 2.22. The van der Waals surface area contributed by atoms with E-state index in [9.17, 15) is 22.0 Å². The average molecular weight is 373 g/mol. The molecular formula is C14H13F2N3O5S. The van der Waals surface area contributed by atoms with Crippen molar-refractivity contribution >= 4 is 21.9 Å². The van der Waals surface area contributed by atoms with Gasteiger partial charge in [-0.1, -0.05) is 18.2 Å². The van der Waals surface area contributed by atoms with E-state index in [4.69, 9.17) is 15.6 Å². The van der Waals surface area contributed by atoms with Gasteiger partial charge < -0.3 is 10.2 Å². The Labute approximate surface area is 141 Å². The number of carbonyl (C=O) groups excluding carboxylic acids is 1. The number of hydrogen-bond acceptors (Lipinski definition) is 6. The van der Waals surface area contributed by atoms with Crippen LogP contribution in [-0.4, -0.2) is 25.9 Å². The number of carbonyl (C=O) groups is 1. The van der Waals surface area contributed by atoms with Crippen molar-refractivity contribution in [1.82, 2.24) is 5.48 Å². The molecule has 0 saturated heterocycles. The molecule has 25 heavy (non-hydrogen) atoms. The molecule has 1 aromatic heterocycles. The van der Waals surface area contributed by atoms with Crippen LogP contribution >= 0.6 is 0 Å². The fourth-order valence-corrected chi connectivity index (χ4v) is 2.73. The van der Waals surface area contributed by atoms with Gasteiger partial charge in [0.05, 0.1) is 6.26 Å². The van der Waals surface area contributed by atoms with Gasteiger partial charge in [-0.25, -0.2) is 14.3 Å². The molecule has 0 unspecified atom stereocenters. The molecule has 0 bridgehead atoms. The highest BCUT2D eigenvalue weighted by atomic mass is 32.2. The molecule has 1 aromatic carbocycles. The lowest BCUT2D eigenvalue weighted by molar-refractivity contribution is 0.101. The van der Waals surface area contributed by atoms with Crippen LogP contribution in [0, 0.1) is 5.41 Å². The van der Waals surface area contributed by atoms with E-state index in [0.717, 1.165) is 6.26 Å². The van der Waals surface area contributed by atoms with Gasteiger partial charge >= 0.3 is 0 Å². The van der Waals surface area contributed by atoms with E-state index in [1.807, 2.05) is 0 Å². The zero-order valence-corrected chi connectivity index (χ0v) is 13.3. The van der Waals surface area contributed by atoms with Crippen LogP contribution in [0.4, 0.5) is 8.78 Å². The Morgan fingerprint density at radius 2 is 2.08 bits per heavy atom. The highest BCUT2D eigenvalue weighted by molar-refractivity contribution is 7.87. The maximum Gasteiger partial charge on any atom is 0.296 e.